The van der Waals surface area contributed by atoms with Crippen molar-refractivity contribution in [3.63, 3.8) is 0 Å². The van der Waals surface area contributed by atoms with Gasteiger partial charge in [0.1, 0.15) is 0 Å². The number of hydrogen-bond donors (Lipinski definition) is 1. The molecule has 0 radical (unpaired) electrons. The molecule has 2 heterocycles. The van der Waals surface area contributed by atoms with Crippen LogP contribution in [0.25, 0.3) is 0 Å². The highest BCUT2D eigenvalue weighted by Crippen LogP contribution is 2.32. The molecule has 1 fully saturated rings. The highest BCUT2D eigenvalue weighted by molar-refractivity contribution is 7.15. The van der Waals surface area contributed by atoms with Crippen molar-refractivity contribution >= 4 is 16.5 Å². The molecule has 0 aliphatic carbocycles. The summed E-state index contributed by atoms with van der Waals surface area (Å²) in [5.41, 5.74) is 0. The fourth-order valence-corrected chi connectivity index (χ4v) is 2.22. The Balaban J connectivity index is 1.85. The summed E-state index contributed by atoms with van der Waals surface area (Å²) in [6, 6.07) is 0. The van der Waals surface area contributed by atoms with Crippen molar-refractivity contribution in [1.29, 1.82) is 0 Å². The van der Waals surface area contributed by atoms with Crippen molar-refractivity contribution in [2.24, 2.45) is 0 Å². The number of rotatable bonds is 3. The monoisotopic (exact) mass is 282 g/mol. The molecule has 1 atom stereocenters. The second-order valence-electron chi connectivity index (χ2n) is 4.05. The summed E-state index contributed by atoms with van der Waals surface area (Å²) in [5, 5.41) is 8.60. The highest BCUT2D eigenvalue weighted by Gasteiger charge is 2.35. The molecule has 0 spiro atoms. The van der Waals surface area contributed by atoms with Crippen molar-refractivity contribution in [2.75, 3.05) is 38.6 Å². The van der Waals surface area contributed by atoms with Gasteiger partial charge in [-0.25, -0.2) is 0 Å². The van der Waals surface area contributed by atoms with Crippen molar-refractivity contribution in [3.8, 4) is 0 Å². The van der Waals surface area contributed by atoms with Gasteiger partial charge < -0.3 is 15.0 Å². The Bertz CT molecular complexity index is 397. The van der Waals surface area contributed by atoms with E-state index in [1.54, 1.807) is 0 Å². The molecular weight excluding hydrogens is 269 g/mol. The maximum Gasteiger partial charge on any atom is 0.445 e. The fourth-order valence-electron chi connectivity index (χ4n) is 1.60. The quantitative estimate of drug-likeness (QED) is 0.905. The number of aromatic nitrogens is 2. The van der Waals surface area contributed by atoms with Crippen LogP contribution in [0.3, 0.4) is 0 Å². The Kier molecular flexibility index (Phi) is 4.03. The van der Waals surface area contributed by atoms with E-state index >= 15 is 0 Å². The third kappa shape index (κ3) is 3.53. The van der Waals surface area contributed by atoms with E-state index in [0.717, 1.165) is 13.1 Å². The van der Waals surface area contributed by atoms with E-state index < -0.39 is 11.2 Å². The lowest BCUT2D eigenvalue weighted by atomic mass is 10.3. The third-order valence-corrected chi connectivity index (χ3v) is 3.42. The van der Waals surface area contributed by atoms with Gasteiger partial charge in [-0.05, 0) is 7.05 Å². The summed E-state index contributed by atoms with van der Waals surface area (Å²) in [4.78, 5) is 2.11. The van der Waals surface area contributed by atoms with E-state index in [1.807, 2.05) is 7.05 Å². The Labute approximate surface area is 106 Å². The van der Waals surface area contributed by atoms with Gasteiger partial charge in [-0.15, -0.1) is 10.2 Å². The van der Waals surface area contributed by atoms with Gasteiger partial charge in [-0.2, -0.15) is 13.2 Å². The minimum atomic E-state index is -4.43. The van der Waals surface area contributed by atoms with Gasteiger partial charge in [0, 0.05) is 19.6 Å². The number of anilines is 1. The van der Waals surface area contributed by atoms with Crippen LogP contribution in [0.2, 0.25) is 0 Å². The average Bonchev–Trinajstić information content (AvgIpc) is 2.74. The standard InChI is InChI=1S/C9H13F3N4OS/c1-16-2-3-17-6(5-16)4-13-8-15-14-7(18-8)9(10,11)12/h6H,2-5H2,1H3,(H,13,15). The lowest BCUT2D eigenvalue weighted by molar-refractivity contribution is -0.138. The van der Waals surface area contributed by atoms with Crippen molar-refractivity contribution < 1.29 is 17.9 Å². The number of halogens is 3. The lowest BCUT2D eigenvalue weighted by Gasteiger charge is -2.29. The van der Waals surface area contributed by atoms with Gasteiger partial charge in [0.25, 0.3) is 0 Å². The second-order valence-corrected chi connectivity index (χ2v) is 5.02. The summed E-state index contributed by atoms with van der Waals surface area (Å²) in [6.07, 6.45) is -4.47. The zero-order valence-corrected chi connectivity index (χ0v) is 10.5. The third-order valence-electron chi connectivity index (χ3n) is 2.49. The molecule has 1 N–H and O–H groups in total. The minimum Gasteiger partial charge on any atom is -0.374 e. The Morgan fingerprint density at radius 2 is 2.28 bits per heavy atom. The Morgan fingerprint density at radius 3 is 2.89 bits per heavy atom. The molecule has 0 amide bonds. The lowest BCUT2D eigenvalue weighted by Crippen LogP contribution is -2.43. The first-order valence-corrected chi connectivity index (χ1v) is 6.21. The minimum absolute atomic E-state index is 0.0398. The van der Waals surface area contributed by atoms with Crippen LogP contribution in [0, 0.1) is 0 Å². The topological polar surface area (TPSA) is 50.3 Å². The first-order chi connectivity index (χ1) is 8.45. The normalized spacial score (nSPS) is 22.1. The van der Waals surface area contributed by atoms with Gasteiger partial charge >= 0.3 is 6.18 Å². The van der Waals surface area contributed by atoms with E-state index in [2.05, 4.69) is 20.4 Å². The smallest absolute Gasteiger partial charge is 0.374 e. The SMILES string of the molecule is CN1CCOC(CNc2nnc(C(F)(F)F)s2)C1. The molecule has 2 rings (SSSR count). The van der Waals surface area contributed by atoms with Crippen LogP contribution < -0.4 is 5.32 Å². The van der Waals surface area contributed by atoms with Crippen LogP contribution in [0.5, 0.6) is 0 Å². The molecule has 9 heteroatoms. The molecule has 1 aromatic rings. The van der Waals surface area contributed by atoms with E-state index in [-0.39, 0.29) is 11.2 Å². The van der Waals surface area contributed by atoms with E-state index in [4.69, 9.17) is 4.74 Å². The van der Waals surface area contributed by atoms with Crippen LogP contribution in [0.1, 0.15) is 5.01 Å². The van der Waals surface area contributed by atoms with Gasteiger partial charge in [0.2, 0.25) is 10.1 Å². The number of nitrogens with zero attached hydrogens (tertiary/aromatic N) is 3. The first-order valence-electron chi connectivity index (χ1n) is 5.40. The zero-order chi connectivity index (χ0) is 13.2. The molecule has 1 aromatic heterocycles. The fraction of sp³-hybridized carbons (Fsp3) is 0.778. The molecule has 1 saturated heterocycles. The molecule has 102 valence electrons. The zero-order valence-electron chi connectivity index (χ0n) is 9.70. The van der Waals surface area contributed by atoms with Crippen LogP contribution >= 0.6 is 11.3 Å². The van der Waals surface area contributed by atoms with Crippen LogP contribution in [0.15, 0.2) is 0 Å². The van der Waals surface area contributed by atoms with Gasteiger partial charge in [-0.3, -0.25) is 0 Å². The molecule has 0 bridgehead atoms. The maximum absolute atomic E-state index is 12.3. The maximum atomic E-state index is 12.3. The molecule has 1 aliphatic rings. The Hall–Kier alpha value is -0.930. The van der Waals surface area contributed by atoms with Crippen molar-refractivity contribution in [3.05, 3.63) is 5.01 Å². The van der Waals surface area contributed by atoms with Crippen LogP contribution in [-0.2, 0) is 10.9 Å². The molecule has 5 nitrogen and oxygen atoms in total. The molecule has 18 heavy (non-hydrogen) atoms. The summed E-state index contributed by atoms with van der Waals surface area (Å²) < 4.78 is 42.4. The largest absolute Gasteiger partial charge is 0.445 e. The number of morpholine rings is 1. The van der Waals surface area contributed by atoms with Crippen LogP contribution in [-0.4, -0.2) is 54.5 Å². The number of hydrogen-bond acceptors (Lipinski definition) is 6. The van der Waals surface area contributed by atoms with Gasteiger partial charge in [0.05, 0.1) is 12.7 Å². The van der Waals surface area contributed by atoms with E-state index in [1.165, 1.54) is 0 Å². The van der Waals surface area contributed by atoms with Gasteiger partial charge in [0.15, 0.2) is 0 Å². The predicted molar refractivity (Wildman–Crippen MR) is 60.6 cm³/mol. The summed E-state index contributed by atoms with van der Waals surface area (Å²) in [7, 11) is 1.97. The molecule has 1 aliphatic heterocycles. The molecule has 0 aromatic carbocycles. The number of ether oxygens (including phenoxy) is 1. The average molecular weight is 282 g/mol. The summed E-state index contributed by atoms with van der Waals surface area (Å²) in [5.74, 6) is 0. The Morgan fingerprint density at radius 1 is 1.50 bits per heavy atom. The molecule has 0 saturated carbocycles. The highest BCUT2D eigenvalue weighted by atomic mass is 32.1. The number of alkyl halides is 3. The first kappa shape index (κ1) is 13.5. The van der Waals surface area contributed by atoms with Crippen molar-refractivity contribution in [1.82, 2.24) is 15.1 Å². The molecular formula is C9H13F3N4OS. The number of likely N-dealkylation sites (N-methyl/N-ethyl adjacent to an activating group) is 1. The summed E-state index contributed by atoms with van der Waals surface area (Å²) in [6.45, 7) is 2.68. The van der Waals surface area contributed by atoms with E-state index in [9.17, 15) is 13.2 Å². The molecule has 1 unspecified atom stereocenters. The van der Waals surface area contributed by atoms with Crippen LogP contribution in [0.4, 0.5) is 18.3 Å². The van der Waals surface area contributed by atoms with Crippen molar-refractivity contribution in [2.45, 2.75) is 12.3 Å². The summed E-state index contributed by atoms with van der Waals surface area (Å²) >= 11 is 0.502. The number of nitrogens with one attached hydrogen (secondary N) is 1. The second kappa shape index (κ2) is 5.37. The van der Waals surface area contributed by atoms with E-state index in [0.29, 0.717) is 24.5 Å². The van der Waals surface area contributed by atoms with Gasteiger partial charge in [-0.1, -0.05) is 11.3 Å². The predicted octanol–water partition coefficient (Wildman–Crippen LogP) is 1.30.